The van der Waals surface area contributed by atoms with Crippen molar-refractivity contribution < 1.29 is 9.13 Å². The van der Waals surface area contributed by atoms with Crippen LogP contribution in [0.2, 0.25) is 0 Å². The third kappa shape index (κ3) is 10.6. The van der Waals surface area contributed by atoms with Gasteiger partial charge in [-0.05, 0) is 38.3 Å². The van der Waals surface area contributed by atoms with Gasteiger partial charge in [0.25, 0.3) is 0 Å². The van der Waals surface area contributed by atoms with Gasteiger partial charge in [0, 0.05) is 50.8 Å². The Hall–Kier alpha value is -0.680. The number of rotatable bonds is 13. The van der Waals surface area contributed by atoms with Crippen LogP contribution in [0.15, 0.2) is 24.3 Å². The zero-order valence-electron chi connectivity index (χ0n) is 19.4. The number of hydrogen-bond donors (Lipinski definition) is 2. The third-order valence-electron chi connectivity index (χ3n) is 4.98. The fourth-order valence-electron chi connectivity index (χ4n) is 2.51. The average Bonchev–Trinajstić information content (AvgIpc) is 2.75. The zero-order chi connectivity index (χ0) is 23.2. The Bertz CT molecular complexity index is 624. The van der Waals surface area contributed by atoms with Crippen LogP contribution in [0, 0.1) is 0 Å². The molecule has 0 aliphatic heterocycles. The molecule has 0 spiro atoms. The van der Waals surface area contributed by atoms with E-state index in [1.165, 1.54) is 0 Å². The first-order valence-corrected chi connectivity index (χ1v) is 15.6. The Morgan fingerprint density at radius 1 is 0.733 bits per heavy atom. The van der Waals surface area contributed by atoms with Crippen molar-refractivity contribution in [2.45, 2.75) is 41.5 Å². The Morgan fingerprint density at radius 3 is 1.27 bits per heavy atom. The normalized spacial score (nSPS) is 12.3. The molecule has 0 aliphatic rings. The Balaban J connectivity index is 5.37. The van der Waals surface area contributed by atoms with Gasteiger partial charge in [0.2, 0.25) is 0 Å². The second-order valence-electron chi connectivity index (χ2n) is 6.91. The Kier molecular flexibility index (Phi) is 14.8. The van der Waals surface area contributed by atoms with E-state index in [4.69, 9.17) is 24.4 Å². The predicted octanol–water partition coefficient (Wildman–Crippen LogP) is 5.13. The maximum Gasteiger partial charge on any atom is 0.174 e. The summed E-state index contributed by atoms with van der Waals surface area (Å²) in [5.74, 6) is 0. The molecule has 0 aromatic heterocycles. The average molecular weight is 495 g/mol. The summed E-state index contributed by atoms with van der Waals surface area (Å²) in [7, 11) is -5.00. The molecular weight excluding hydrogens is 454 g/mol. The lowest BCUT2D eigenvalue weighted by Gasteiger charge is -2.32. The van der Waals surface area contributed by atoms with E-state index < -0.39 is 14.6 Å². The molecule has 0 amide bonds. The van der Waals surface area contributed by atoms with E-state index >= 15 is 0 Å². The smallest absolute Gasteiger partial charge is 0.174 e. The summed E-state index contributed by atoms with van der Waals surface area (Å²) >= 11 is 11.2. The molecule has 0 bridgehead atoms. The third-order valence-corrected chi connectivity index (χ3v) is 11.3. The largest absolute Gasteiger partial charge is 0.344 e. The highest BCUT2D eigenvalue weighted by atomic mass is 32.1. The van der Waals surface area contributed by atoms with E-state index in [-0.39, 0.29) is 0 Å². The van der Waals surface area contributed by atoms with E-state index in [0.717, 1.165) is 0 Å². The van der Waals surface area contributed by atoms with Crippen molar-refractivity contribution >= 4 is 49.2 Å². The number of nitrogens with zero attached hydrogens (tertiary/aromatic N) is 2. The molecule has 0 atom stereocenters. The van der Waals surface area contributed by atoms with Crippen molar-refractivity contribution in [2.75, 3.05) is 50.8 Å². The molecule has 0 aromatic carbocycles. The van der Waals surface area contributed by atoms with Gasteiger partial charge in [-0.3, -0.25) is 0 Å². The molecule has 0 saturated carbocycles. The number of nitrogens with one attached hydrogen (secondary N) is 2. The second kappa shape index (κ2) is 15.2. The standard InChI is InChI=1S/C20H40N4O2P2S2/c1-7-13-15-23(19(29)21-27(25,9-3)10-4)17-18-24(16-14-8-2)20(30)22-28(26,11-5)12-6/h7-8,13-14H,9-12,15-18H2,1-6H3,(H,21,25,29)(H,22,26,30). The van der Waals surface area contributed by atoms with Crippen molar-refractivity contribution in [3.63, 3.8) is 0 Å². The summed E-state index contributed by atoms with van der Waals surface area (Å²) in [5.41, 5.74) is 0. The molecule has 0 unspecified atom stereocenters. The number of hydrogen-bond acceptors (Lipinski definition) is 4. The van der Waals surface area contributed by atoms with E-state index in [2.05, 4.69) is 10.2 Å². The van der Waals surface area contributed by atoms with Crippen LogP contribution in [0.25, 0.3) is 0 Å². The SMILES string of the molecule is CC=CCN(CCN(CC=CC)C(=S)NP(=O)(CC)CC)C(=S)NP(=O)(CC)CC. The molecule has 0 heterocycles. The number of allylic oxidation sites excluding steroid dienone is 2. The summed E-state index contributed by atoms with van der Waals surface area (Å²) in [6, 6.07) is 0. The monoisotopic (exact) mass is 494 g/mol. The highest BCUT2D eigenvalue weighted by molar-refractivity contribution is 7.81. The minimum atomic E-state index is -2.50. The molecule has 30 heavy (non-hydrogen) atoms. The van der Waals surface area contributed by atoms with Gasteiger partial charge in [-0.1, -0.05) is 52.0 Å². The van der Waals surface area contributed by atoms with Crippen LogP contribution >= 0.6 is 39.0 Å². The lowest BCUT2D eigenvalue weighted by Crippen LogP contribution is -2.46. The van der Waals surface area contributed by atoms with Gasteiger partial charge in [0.15, 0.2) is 24.8 Å². The molecule has 10 heteroatoms. The predicted molar refractivity (Wildman–Crippen MR) is 142 cm³/mol. The highest BCUT2D eigenvalue weighted by Crippen LogP contribution is 2.40. The fourth-order valence-corrected chi connectivity index (χ4v) is 6.35. The first kappa shape index (κ1) is 29.3. The molecule has 0 rings (SSSR count). The summed E-state index contributed by atoms with van der Waals surface area (Å²) < 4.78 is 25.7. The number of thiocarbonyl (C=S) groups is 2. The van der Waals surface area contributed by atoms with Gasteiger partial charge < -0.3 is 29.1 Å². The maximum absolute atomic E-state index is 12.8. The zero-order valence-corrected chi connectivity index (χ0v) is 22.8. The van der Waals surface area contributed by atoms with Crippen LogP contribution in [0.4, 0.5) is 0 Å². The van der Waals surface area contributed by atoms with Crippen molar-refractivity contribution in [3.05, 3.63) is 24.3 Å². The summed E-state index contributed by atoms with van der Waals surface area (Å²) in [4.78, 5) is 4.00. The summed E-state index contributed by atoms with van der Waals surface area (Å²) in [5, 5.41) is 7.21. The van der Waals surface area contributed by atoms with Crippen LogP contribution in [0.1, 0.15) is 41.5 Å². The van der Waals surface area contributed by atoms with E-state index in [0.29, 0.717) is 61.1 Å². The van der Waals surface area contributed by atoms with Gasteiger partial charge in [0.1, 0.15) is 0 Å². The topological polar surface area (TPSA) is 64.7 Å². The summed E-state index contributed by atoms with van der Waals surface area (Å²) in [6.45, 7) is 14.0. The van der Waals surface area contributed by atoms with Crippen molar-refractivity contribution in [1.29, 1.82) is 0 Å². The first-order valence-electron chi connectivity index (χ1n) is 10.7. The minimum absolute atomic E-state index is 0.498. The van der Waals surface area contributed by atoms with Crippen molar-refractivity contribution in [2.24, 2.45) is 0 Å². The quantitative estimate of drug-likeness (QED) is 0.208. The second-order valence-corrected chi connectivity index (χ2v) is 14.2. The van der Waals surface area contributed by atoms with E-state index in [1.54, 1.807) is 0 Å². The molecule has 0 radical (unpaired) electrons. The van der Waals surface area contributed by atoms with Crippen LogP contribution in [-0.4, -0.2) is 70.9 Å². The summed E-state index contributed by atoms with van der Waals surface area (Å²) in [6.07, 6.45) is 10.2. The van der Waals surface area contributed by atoms with Gasteiger partial charge >= 0.3 is 0 Å². The van der Waals surface area contributed by atoms with Crippen LogP contribution in [0.5, 0.6) is 0 Å². The Labute approximate surface area is 194 Å². The molecule has 0 saturated heterocycles. The lowest BCUT2D eigenvalue weighted by molar-refractivity contribution is 0.372. The van der Waals surface area contributed by atoms with Gasteiger partial charge in [0.05, 0.1) is 0 Å². The minimum Gasteiger partial charge on any atom is -0.344 e. The van der Waals surface area contributed by atoms with Gasteiger partial charge in [-0.15, -0.1) is 0 Å². The van der Waals surface area contributed by atoms with E-state index in [9.17, 15) is 9.13 Å². The molecule has 2 N–H and O–H groups in total. The van der Waals surface area contributed by atoms with Gasteiger partial charge in [-0.2, -0.15) is 0 Å². The molecule has 0 aromatic rings. The highest BCUT2D eigenvalue weighted by Gasteiger charge is 2.23. The first-order chi connectivity index (χ1) is 14.1. The lowest BCUT2D eigenvalue weighted by atomic mass is 10.4. The van der Waals surface area contributed by atoms with Crippen LogP contribution < -0.4 is 10.2 Å². The fraction of sp³-hybridized carbons (Fsp3) is 0.700. The van der Waals surface area contributed by atoms with E-state index in [1.807, 2.05) is 75.6 Å². The van der Waals surface area contributed by atoms with Gasteiger partial charge in [-0.25, -0.2) is 0 Å². The van der Waals surface area contributed by atoms with Crippen LogP contribution in [0.3, 0.4) is 0 Å². The molecular formula is C20H40N4O2P2S2. The maximum atomic E-state index is 12.8. The van der Waals surface area contributed by atoms with Crippen molar-refractivity contribution in [3.8, 4) is 0 Å². The molecule has 0 aliphatic carbocycles. The molecule has 174 valence electrons. The van der Waals surface area contributed by atoms with Crippen molar-refractivity contribution in [1.82, 2.24) is 20.0 Å². The molecule has 0 fully saturated rings. The molecule has 6 nitrogen and oxygen atoms in total. The van der Waals surface area contributed by atoms with Crippen LogP contribution in [-0.2, 0) is 9.13 Å². The Morgan fingerprint density at radius 2 is 1.03 bits per heavy atom.